The molecule has 1 saturated heterocycles. The van der Waals surface area contributed by atoms with Crippen molar-refractivity contribution in [2.75, 3.05) is 19.6 Å². The molecule has 0 bridgehead atoms. The number of piperidine rings is 1. The second kappa shape index (κ2) is 12.6. The summed E-state index contributed by atoms with van der Waals surface area (Å²) in [6, 6.07) is 11.5. The summed E-state index contributed by atoms with van der Waals surface area (Å²) in [5.74, 6) is 5.10. The third kappa shape index (κ3) is 6.48. The van der Waals surface area contributed by atoms with Gasteiger partial charge >= 0.3 is 0 Å². The van der Waals surface area contributed by atoms with E-state index >= 15 is 0 Å². The van der Waals surface area contributed by atoms with Crippen LogP contribution >= 0.6 is 0 Å². The Bertz CT molecular complexity index is 756. The zero-order valence-corrected chi connectivity index (χ0v) is 22.6. The molecule has 2 heteroatoms. The Morgan fingerprint density at radius 2 is 1.71 bits per heavy atom. The molecule has 4 rings (SSSR count). The van der Waals surface area contributed by atoms with Crippen LogP contribution in [0.4, 0.5) is 0 Å². The summed E-state index contributed by atoms with van der Waals surface area (Å²) in [4.78, 5) is 2.79. The first-order valence-electron chi connectivity index (χ1n) is 14.7. The molecule has 34 heavy (non-hydrogen) atoms. The van der Waals surface area contributed by atoms with Gasteiger partial charge in [0.25, 0.3) is 0 Å². The molecule has 1 aromatic rings. The SMILES string of the molecule is CCC(C)CC(CC)CN1CCC(C(c2ccccc2)[C@H]2CCC[C@@H]2OC(C)=C2CCC2)CC1. The molecule has 3 unspecified atom stereocenters. The number of ether oxygens (including phenoxy) is 1. The highest BCUT2D eigenvalue weighted by atomic mass is 16.5. The van der Waals surface area contributed by atoms with Crippen molar-refractivity contribution >= 4 is 0 Å². The van der Waals surface area contributed by atoms with E-state index in [0.29, 0.717) is 17.9 Å². The van der Waals surface area contributed by atoms with Gasteiger partial charge in [-0.05, 0) is 113 Å². The fraction of sp³-hybridized carbons (Fsp3) is 0.750. The molecule has 2 saturated carbocycles. The Kier molecular flexibility index (Phi) is 9.57. The predicted molar refractivity (Wildman–Crippen MR) is 145 cm³/mol. The smallest absolute Gasteiger partial charge is 0.102 e. The maximum Gasteiger partial charge on any atom is 0.102 e. The Labute approximate surface area is 210 Å². The van der Waals surface area contributed by atoms with Crippen molar-refractivity contribution in [3.63, 3.8) is 0 Å². The first-order valence-corrected chi connectivity index (χ1v) is 14.7. The lowest BCUT2D eigenvalue weighted by molar-refractivity contribution is 0.0470. The van der Waals surface area contributed by atoms with Gasteiger partial charge in [0.15, 0.2) is 0 Å². The summed E-state index contributed by atoms with van der Waals surface area (Å²) in [5.41, 5.74) is 3.15. The summed E-state index contributed by atoms with van der Waals surface area (Å²) in [6.07, 6.45) is 14.9. The average molecular weight is 466 g/mol. The van der Waals surface area contributed by atoms with E-state index in [2.05, 4.69) is 62.9 Å². The van der Waals surface area contributed by atoms with Crippen LogP contribution < -0.4 is 0 Å². The maximum absolute atomic E-state index is 6.73. The van der Waals surface area contributed by atoms with Crippen LogP contribution in [-0.4, -0.2) is 30.6 Å². The molecule has 3 aliphatic rings. The van der Waals surface area contributed by atoms with Gasteiger partial charge in [-0.1, -0.05) is 63.9 Å². The van der Waals surface area contributed by atoms with E-state index in [4.69, 9.17) is 4.74 Å². The molecule has 1 aromatic carbocycles. The van der Waals surface area contributed by atoms with E-state index in [1.165, 1.54) is 96.0 Å². The van der Waals surface area contributed by atoms with Crippen LogP contribution in [-0.2, 0) is 4.74 Å². The van der Waals surface area contributed by atoms with Crippen molar-refractivity contribution in [3.05, 3.63) is 47.2 Å². The summed E-state index contributed by atoms with van der Waals surface area (Å²) in [7, 11) is 0. The lowest BCUT2D eigenvalue weighted by Crippen LogP contribution is -2.40. The van der Waals surface area contributed by atoms with E-state index in [1.54, 1.807) is 11.1 Å². The lowest BCUT2D eigenvalue weighted by atomic mass is 9.71. The largest absolute Gasteiger partial charge is 0.495 e. The minimum atomic E-state index is 0.413. The summed E-state index contributed by atoms with van der Waals surface area (Å²) < 4.78 is 6.73. The standard InChI is InChI=1S/C32H51NO/c1-5-24(3)22-26(6-2)23-33-20-18-29(19-21-33)32(28-12-8-7-9-13-28)30-16-11-17-31(30)34-25(4)27-14-10-15-27/h7-9,12-13,24,26,29-32H,5-6,10-11,14-23H2,1-4H3/t24?,26?,30-,31-,32?/m0/s1. The Hall–Kier alpha value is -1.28. The zero-order chi connectivity index (χ0) is 23.9. The molecule has 0 N–H and O–H groups in total. The number of allylic oxidation sites excluding steroid dienone is 2. The number of benzene rings is 1. The van der Waals surface area contributed by atoms with E-state index in [9.17, 15) is 0 Å². The predicted octanol–water partition coefficient (Wildman–Crippen LogP) is 8.59. The summed E-state index contributed by atoms with van der Waals surface area (Å²) >= 11 is 0. The van der Waals surface area contributed by atoms with Gasteiger partial charge in [-0.25, -0.2) is 0 Å². The fourth-order valence-electron chi connectivity index (χ4n) is 7.04. The molecule has 5 atom stereocenters. The highest BCUT2D eigenvalue weighted by Crippen LogP contribution is 2.47. The van der Waals surface area contributed by atoms with Crippen LogP contribution in [0, 0.1) is 23.7 Å². The minimum absolute atomic E-state index is 0.413. The van der Waals surface area contributed by atoms with Crippen molar-refractivity contribution in [2.45, 2.75) is 110 Å². The van der Waals surface area contributed by atoms with Crippen molar-refractivity contribution in [3.8, 4) is 0 Å². The van der Waals surface area contributed by atoms with E-state index < -0.39 is 0 Å². The highest BCUT2D eigenvalue weighted by Gasteiger charge is 2.41. The first kappa shape index (κ1) is 25.8. The van der Waals surface area contributed by atoms with Gasteiger partial charge < -0.3 is 9.64 Å². The maximum atomic E-state index is 6.73. The van der Waals surface area contributed by atoms with Crippen molar-refractivity contribution in [1.82, 2.24) is 4.90 Å². The molecule has 190 valence electrons. The molecule has 1 aliphatic heterocycles. The fourth-order valence-corrected chi connectivity index (χ4v) is 7.04. The molecular weight excluding hydrogens is 414 g/mol. The van der Waals surface area contributed by atoms with Crippen LogP contribution in [0.15, 0.2) is 41.7 Å². The normalized spacial score (nSPS) is 26.6. The molecule has 0 aromatic heterocycles. The quantitative estimate of drug-likeness (QED) is 0.303. The lowest BCUT2D eigenvalue weighted by Gasteiger charge is -2.41. The molecule has 1 heterocycles. The highest BCUT2D eigenvalue weighted by molar-refractivity contribution is 5.23. The second-order valence-electron chi connectivity index (χ2n) is 11.9. The van der Waals surface area contributed by atoms with Crippen LogP contribution in [0.25, 0.3) is 0 Å². The zero-order valence-electron chi connectivity index (χ0n) is 22.6. The molecule has 0 radical (unpaired) electrons. The van der Waals surface area contributed by atoms with Gasteiger partial charge in [0.1, 0.15) is 6.10 Å². The van der Waals surface area contributed by atoms with E-state index in [-0.39, 0.29) is 0 Å². The number of hydrogen-bond acceptors (Lipinski definition) is 2. The van der Waals surface area contributed by atoms with Crippen molar-refractivity contribution < 1.29 is 4.74 Å². The van der Waals surface area contributed by atoms with Gasteiger partial charge in [0, 0.05) is 12.5 Å². The minimum Gasteiger partial charge on any atom is -0.495 e. The molecular formula is C32H51NO. The average Bonchev–Trinajstić information content (AvgIpc) is 3.26. The van der Waals surface area contributed by atoms with Crippen LogP contribution in [0.3, 0.4) is 0 Å². The van der Waals surface area contributed by atoms with Gasteiger partial charge in [0.2, 0.25) is 0 Å². The third-order valence-electron chi connectivity index (χ3n) is 9.60. The topological polar surface area (TPSA) is 12.5 Å². The summed E-state index contributed by atoms with van der Waals surface area (Å²) in [5, 5.41) is 0. The Morgan fingerprint density at radius 3 is 2.32 bits per heavy atom. The van der Waals surface area contributed by atoms with Crippen LogP contribution in [0.2, 0.25) is 0 Å². The number of likely N-dealkylation sites (tertiary alicyclic amines) is 1. The van der Waals surface area contributed by atoms with Crippen molar-refractivity contribution in [1.29, 1.82) is 0 Å². The molecule has 0 amide bonds. The first-order chi connectivity index (χ1) is 16.6. The summed E-state index contributed by atoms with van der Waals surface area (Å²) in [6.45, 7) is 13.3. The van der Waals surface area contributed by atoms with Gasteiger partial charge in [-0.3, -0.25) is 0 Å². The molecule has 2 nitrogen and oxygen atoms in total. The molecule has 3 fully saturated rings. The molecule has 0 spiro atoms. The monoisotopic (exact) mass is 465 g/mol. The van der Waals surface area contributed by atoms with Crippen molar-refractivity contribution in [2.24, 2.45) is 23.7 Å². The van der Waals surface area contributed by atoms with Gasteiger partial charge in [-0.2, -0.15) is 0 Å². The van der Waals surface area contributed by atoms with Gasteiger partial charge in [0.05, 0.1) is 5.76 Å². The Morgan fingerprint density at radius 1 is 0.971 bits per heavy atom. The van der Waals surface area contributed by atoms with E-state index in [1.807, 2.05) is 0 Å². The van der Waals surface area contributed by atoms with E-state index in [0.717, 1.165) is 17.8 Å². The third-order valence-corrected chi connectivity index (χ3v) is 9.60. The number of rotatable bonds is 11. The second-order valence-corrected chi connectivity index (χ2v) is 11.9. The number of nitrogens with zero attached hydrogens (tertiary/aromatic N) is 1. The molecule has 2 aliphatic carbocycles. The Balaban J connectivity index is 1.42. The van der Waals surface area contributed by atoms with Crippen LogP contribution in [0.1, 0.15) is 110 Å². The van der Waals surface area contributed by atoms with Gasteiger partial charge in [-0.15, -0.1) is 0 Å². The van der Waals surface area contributed by atoms with Crippen LogP contribution in [0.5, 0.6) is 0 Å². The number of hydrogen-bond donors (Lipinski definition) is 0.